The largest absolute Gasteiger partial charge is 0.481 e. The third-order valence-corrected chi connectivity index (χ3v) is 5.50. The molecule has 8 heteroatoms. The molecular formula is C12H21NO6S. The summed E-state index contributed by atoms with van der Waals surface area (Å²) in [5.74, 6) is -1.92. The van der Waals surface area contributed by atoms with E-state index in [2.05, 4.69) is 9.46 Å². The first-order chi connectivity index (χ1) is 9.22. The Labute approximate surface area is 118 Å². The van der Waals surface area contributed by atoms with Crippen molar-refractivity contribution in [3.63, 3.8) is 0 Å². The third-order valence-electron chi connectivity index (χ3n) is 3.66. The number of carbonyl (C=O) groups excluding carboxylic acids is 1. The lowest BCUT2D eigenvalue weighted by molar-refractivity contribution is -0.140. The van der Waals surface area contributed by atoms with Crippen LogP contribution in [0.15, 0.2) is 0 Å². The van der Waals surface area contributed by atoms with Crippen molar-refractivity contribution in [3.8, 4) is 0 Å². The normalized spacial score (nSPS) is 20.1. The molecule has 1 aliphatic carbocycles. The van der Waals surface area contributed by atoms with Gasteiger partial charge in [-0.2, -0.15) is 0 Å². The van der Waals surface area contributed by atoms with Gasteiger partial charge in [-0.1, -0.05) is 19.3 Å². The number of esters is 1. The first-order valence-electron chi connectivity index (χ1n) is 6.55. The van der Waals surface area contributed by atoms with Crippen molar-refractivity contribution in [2.24, 2.45) is 0 Å². The summed E-state index contributed by atoms with van der Waals surface area (Å²) in [5.41, 5.74) is -0.995. The molecule has 0 radical (unpaired) electrons. The van der Waals surface area contributed by atoms with Gasteiger partial charge in [-0.15, -0.1) is 0 Å². The van der Waals surface area contributed by atoms with Crippen LogP contribution in [0, 0.1) is 0 Å². The Kier molecular flexibility index (Phi) is 5.52. The molecule has 116 valence electrons. The lowest BCUT2D eigenvalue weighted by Crippen LogP contribution is -2.54. The van der Waals surface area contributed by atoms with E-state index >= 15 is 0 Å². The van der Waals surface area contributed by atoms with Gasteiger partial charge in [0, 0.05) is 5.54 Å². The van der Waals surface area contributed by atoms with Crippen LogP contribution in [0.4, 0.5) is 0 Å². The van der Waals surface area contributed by atoms with Crippen molar-refractivity contribution in [2.75, 3.05) is 7.11 Å². The topological polar surface area (TPSA) is 110 Å². The molecule has 7 nitrogen and oxygen atoms in total. The van der Waals surface area contributed by atoms with E-state index < -0.39 is 32.8 Å². The number of rotatable bonds is 6. The predicted molar refractivity (Wildman–Crippen MR) is 71.6 cm³/mol. The summed E-state index contributed by atoms with van der Waals surface area (Å²) >= 11 is 0. The number of sulfonamides is 1. The van der Waals surface area contributed by atoms with Gasteiger partial charge in [0.15, 0.2) is 5.25 Å². The maximum atomic E-state index is 12.2. The second-order valence-corrected chi connectivity index (χ2v) is 7.23. The Hall–Kier alpha value is -1.15. The molecule has 20 heavy (non-hydrogen) atoms. The van der Waals surface area contributed by atoms with Gasteiger partial charge in [0.25, 0.3) is 0 Å². The smallest absolute Gasteiger partial charge is 0.325 e. The predicted octanol–water partition coefficient (Wildman–Crippen LogP) is 0.645. The second-order valence-electron chi connectivity index (χ2n) is 5.22. The summed E-state index contributed by atoms with van der Waals surface area (Å²) in [4.78, 5) is 22.4. The van der Waals surface area contributed by atoms with Gasteiger partial charge in [-0.3, -0.25) is 9.59 Å². The number of hydrogen-bond acceptors (Lipinski definition) is 5. The Morgan fingerprint density at radius 3 is 2.30 bits per heavy atom. The van der Waals surface area contributed by atoms with Crippen molar-refractivity contribution in [1.82, 2.24) is 4.72 Å². The highest BCUT2D eigenvalue weighted by Crippen LogP contribution is 2.32. The van der Waals surface area contributed by atoms with Crippen LogP contribution < -0.4 is 4.72 Å². The van der Waals surface area contributed by atoms with Gasteiger partial charge in [0.05, 0.1) is 13.5 Å². The summed E-state index contributed by atoms with van der Waals surface area (Å²) in [6.07, 6.45) is 3.14. The fourth-order valence-electron chi connectivity index (χ4n) is 2.52. The molecule has 2 N–H and O–H groups in total. The molecule has 0 aromatic carbocycles. The average molecular weight is 307 g/mol. The van der Waals surface area contributed by atoms with Crippen LogP contribution in [0.25, 0.3) is 0 Å². The summed E-state index contributed by atoms with van der Waals surface area (Å²) in [5, 5.41) is 7.63. The molecule has 0 bridgehead atoms. The number of carboxylic acids is 1. The number of methoxy groups -OCH3 is 1. The summed E-state index contributed by atoms with van der Waals surface area (Å²) in [6, 6.07) is 0. The number of hydrogen-bond donors (Lipinski definition) is 2. The van der Waals surface area contributed by atoms with E-state index in [1.807, 2.05) is 0 Å². The van der Waals surface area contributed by atoms with Crippen LogP contribution in [0.5, 0.6) is 0 Å². The first kappa shape index (κ1) is 16.9. The average Bonchev–Trinajstić information content (AvgIpc) is 2.36. The molecule has 0 amide bonds. The third kappa shape index (κ3) is 4.17. The van der Waals surface area contributed by atoms with E-state index in [-0.39, 0.29) is 6.42 Å². The molecular weight excluding hydrogens is 286 g/mol. The molecule has 1 fully saturated rings. The first-order valence-corrected chi connectivity index (χ1v) is 8.09. The molecule has 1 atom stereocenters. The molecule has 0 aliphatic heterocycles. The quantitative estimate of drug-likeness (QED) is 0.697. The standard InChI is InChI=1S/C12H21NO6S/c1-9(11(16)19-2)20(17,18)13-12(8-10(14)15)6-4-3-5-7-12/h9,13H,3-8H2,1-2H3,(H,14,15). The Morgan fingerprint density at radius 1 is 1.30 bits per heavy atom. The number of ether oxygens (including phenoxy) is 1. The van der Waals surface area contributed by atoms with Crippen LogP contribution in [0.3, 0.4) is 0 Å². The minimum absolute atomic E-state index is 0.278. The van der Waals surface area contributed by atoms with Crippen LogP contribution in [-0.2, 0) is 24.3 Å². The van der Waals surface area contributed by atoms with Crippen molar-refractivity contribution in [2.45, 2.75) is 56.2 Å². The van der Waals surface area contributed by atoms with E-state index in [1.165, 1.54) is 6.92 Å². The van der Waals surface area contributed by atoms with E-state index in [0.717, 1.165) is 26.4 Å². The zero-order valence-corrected chi connectivity index (χ0v) is 12.5. The number of carboxylic acid groups (broad SMARTS) is 1. The van der Waals surface area contributed by atoms with Gasteiger partial charge < -0.3 is 9.84 Å². The van der Waals surface area contributed by atoms with Gasteiger partial charge >= 0.3 is 11.9 Å². The number of carbonyl (C=O) groups is 2. The molecule has 0 aromatic rings. The molecule has 1 unspecified atom stereocenters. The molecule has 0 spiro atoms. The fraction of sp³-hybridized carbons (Fsp3) is 0.833. The molecule has 1 aliphatic rings. The number of aliphatic carboxylic acids is 1. The lowest BCUT2D eigenvalue weighted by Gasteiger charge is -2.37. The highest BCUT2D eigenvalue weighted by atomic mass is 32.2. The summed E-state index contributed by atoms with van der Waals surface area (Å²) in [7, 11) is -2.85. The zero-order valence-electron chi connectivity index (χ0n) is 11.7. The lowest BCUT2D eigenvalue weighted by atomic mass is 9.80. The Morgan fingerprint density at radius 2 is 1.85 bits per heavy atom. The van der Waals surface area contributed by atoms with Crippen molar-refractivity contribution in [3.05, 3.63) is 0 Å². The van der Waals surface area contributed by atoms with E-state index in [4.69, 9.17) is 5.11 Å². The van der Waals surface area contributed by atoms with E-state index in [0.29, 0.717) is 12.8 Å². The minimum atomic E-state index is -3.96. The number of nitrogens with one attached hydrogen (secondary N) is 1. The molecule has 1 saturated carbocycles. The van der Waals surface area contributed by atoms with Crippen molar-refractivity contribution >= 4 is 22.0 Å². The maximum absolute atomic E-state index is 12.2. The SMILES string of the molecule is COC(=O)C(C)S(=O)(=O)NC1(CC(=O)O)CCCCC1. The molecule has 1 rings (SSSR count). The van der Waals surface area contributed by atoms with Crippen molar-refractivity contribution < 1.29 is 27.9 Å². The molecule has 0 aromatic heterocycles. The van der Waals surface area contributed by atoms with E-state index in [9.17, 15) is 18.0 Å². The van der Waals surface area contributed by atoms with Gasteiger partial charge in [-0.05, 0) is 19.8 Å². The van der Waals surface area contributed by atoms with Crippen molar-refractivity contribution in [1.29, 1.82) is 0 Å². The molecule has 0 heterocycles. The minimum Gasteiger partial charge on any atom is -0.481 e. The van der Waals surface area contributed by atoms with E-state index in [1.54, 1.807) is 0 Å². The molecule has 0 saturated heterocycles. The van der Waals surface area contributed by atoms with Gasteiger partial charge in [0.2, 0.25) is 10.0 Å². The van der Waals surface area contributed by atoms with Crippen LogP contribution in [0.1, 0.15) is 45.4 Å². The Balaban J connectivity index is 2.94. The van der Waals surface area contributed by atoms with Gasteiger partial charge in [-0.25, -0.2) is 13.1 Å². The van der Waals surface area contributed by atoms with Crippen LogP contribution >= 0.6 is 0 Å². The Bertz CT molecular complexity index is 466. The second kappa shape index (κ2) is 6.53. The highest BCUT2D eigenvalue weighted by Gasteiger charge is 2.41. The monoisotopic (exact) mass is 307 g/mol. The maximum Gasteiger partial charge on any atom is 0.325 e. The van der Waals surface area contributed by atoms with Crippen LogP contribution in [0.2, 0.25) is 0 Å². The van der Waals surface area contributed by atoms with Gasteiger partial charge in [0.1, 0.15) is 0 Å². The summed E-state index contributed by atoms with van der Waals surface area (Å²) in [6.45, 7) is 1.23. The zero-order chi connectivity index (χ0) is 15.4. The fourth-order valence-corrected chi connectivity index (χ4v) is 3.92. The summed E-state index contributed by atoms with van der Waals surface area (Å²) < 4.78 is 31.2. The van der Waals surface area contributed by atoms with Crippen LogP contribution in [-0.4, -0.2) is 43.4 Å². The highest BCUT2D eigenvalue weighted by molar-refractivity contribution is 7.90.